The van der Waals surface area contributed by atoms with E-state index in [9.17, 15) is 9.59 Å². The van der Waals surface area contributed by atoms with E-state index in [1.165, 1.54) is 0 Å². The number of carbonyl (C=O) groups excluding carboxylic acids is 2. The first-order chi connectivity index (χ1) is 11.2. The van der Waals surface area contributed by atoms with Gasteiger partial charge >= 0.3 is 6.09 Å². The summed E-state index contributed by atoms with van der Waals surface area (Å²) in [6, 6.07) is 7.42. The van der Waals surface area contributed by atoms with Crippen molar-refractivity contribution in [2.75, 3.05) is 18.5 Å². The van der Waals surface area contributed by atoms with Gasteiger partial charge in [0.05, 0.1) is 18.4 Å². The van der Waals surface area contributed by atoms with Crippen LogP contribution in [0.2, 0.25) is 0 Å². The van der Waals surface area contributed by atoms with E-state index in [1.807, 2.05) is 24.3 Å². The first kappa shape index (κ1) is 15.0. The van der Waals surface area contributed by atoms with Gasteiger partial charge in [-0.25, -0.2) is 4.79 Å². The largest absolute Gasteiger partial charge is 0.448 e. The van der Waals surface area contributed by atoms with Gasteiger partial charge in [-0.1, -0.05) is 12.1 Å². The van der Waals surface area contributed by atoms with Crippen molar-refractivity contribution in [2.45, 2.75) is 19.4 Å². The fourth-order valence-electron chi connectivity index (χ4n) is 2.29. The third kappa shape index (κ3) is 4.06. The van der Waals surface area contributed by atoms with Gasteiger partial charge in [0, 0.05) is 25.1 Å². The van der Waals surface area contributed by atoms with Crippen molar-refractivity contribution < 1.29 is 14.3 Å². The number of cyclic esters (lactones) is 1. The lowest BCUT2D eigenvalue weighted by molar-refractivity contribution is -0.116. The predicted molar refractivity (Wildman–Crippen MR) is 81.5 cm³/mol. The molecule has 2 heterocycles. The average molecular weight is 315 g/mol. The molecule has 0 spiro atoms. The van der Waals surface area contributed by atoms with Crippen LogP contribution in [0.15, 0.2) is 30.5 Å². The zero-order valence-corrected chi connectivity index (χ0v) is 12.5. The van der Waals surface area contributed by atoms with E-state index in [0.29, 0.717) is 32.5 Å². The van der Waals surface area contributed by atoms with Crippen LogP contribution in [0, 0.1) is 0 Å². The summed E-state index contributed by atoms with van der Waals surface area (Å²) in [6.07, 6.45) is 2.20. The summed E-state index contributed by atoms with van der Waals surface area (Å²) >= 11 is 0. The third-order valence-corrected chi connectivity index (χ3v) is 3.53. The van der Waals surface area contributed by atoms with E-state index in [2.05, 4.69) is 20.7 Å². The first-order valence-corrected chi connectivity index (χ1v) is 7.36. The number of aromatic amines is 1. The molecule has 8 nitrogen and oxygen atoms in total. The molecule has 2 N–H and O–H groups in total. The summed E-state index contributed by atoms with van der Waals surface area (Å²) in [6.45, 7) is 1.57. The molecule has 23 heavy (non-hydrogen) atoms. The molecule has 1 saturated heterocycles. The van der Waals surface area contributed by atoms with Crippen LogP contribution in [0.4, 0.5) is 10.5 Å². The van der Waals surface area contributed by atoms with Crippen molar-refractivity contribution in [3.05, 3.63) is 41.7 Å². The molecule has 0 atom stereocenters. The van der Waals surface area contributed by atoms with Crippen LogP contribution in [0.1, 0.15) is 17.7 Å². The number of nitrogens with zero attached hydrogens (tertiary/aromatic N) is 3. The molecule has 0 saturated carbocycles. The van der Waals surface area contributed by atoms with Crippen LogP contribution in [0.25, 0.3) is 0 Å². The topological polar surface area (TPSA) is 100 Å². The van der Waals surface area contributed by atoms with Crippen LogP contribution in [0.3, 0.4) is 0 Å². The molecule has 2 aromatic rings. The molecule has 1 aromatic carbocycles. The Morgan fingerprint density at radius 2 is 2.17 bits per heavy atom. The van der Waals surface area contributed by atoms with E-state index in [4.69, 9.17) is 4.74 Å². The second kappa shape index (κ2) is 6.91. The molecule has 2 amide bonds. The Balaban J connectivity index is 1.48. The number of anilines is 1. The molecule has 1 aliphatic heterocycles. The Morgan fingerprint density at radius 3 is 2.83 bits per heavy atom. The summed E-state index contributed by atoms with van der Waals surface area (Å²) in [5, 5.41) is 12.9. The van der Waals surface area contributed by atoms with Crippen molar-refractivity contribution in [2.24, 2.45) is 0 Å². The second-order valence-electron chi connectivity index (χ2n) is 5.24. The molecule has 0 bridgehead atoms. The lowest BCUT2D eigenvalue weighted by Gasteiger charge is -2.13. The fourth-order valence-corrected chi connectivity index (χ4v) is 2.29. The predicted octanol–water partition coefficient (Wildman–Crippen LogP) is 1.33. The summed E-state index contributed by atoms with van der Waals surface area (Å²) in [5.41, 5.74) is 2.47. The van der Waals surface area contributed by atoms with Gasteiger partial charge in [0.2, 0.25) is 5.91 Å². The highest BCUT2D eigenvalue weighted by atomic mass is 16.6. The Bertz CT molecular complexity index is 669. The van der Waals surface area contributed by atoms with E-state index >= 15 is 0 Å². The van der Waals surface area contributed by atoms with Gasteiger partial charge in [-0.2, -0.15) is 15.4 Å². The van der Waals surface area contributed by atoms with E-state index in [1.54, 1.807) is 11.1 Å². The molecule has 0 unspecified atom stereocenters. The SMILES string of the molecule is O=C(CCc1cn[nH]n1)Nc1ccc(CN2CCOC2=O)cc1. The number of aryl methyl sites for hydroxylation is 1. The van der Waals surface area contributed by atoms with Gasteiger partial charge in [0.1, 0.15) is 6.61 Å². The molecule has 1 fully saturated rings. The standard InChI is InChI=1S/C15H17N5O3/c21-14(6-5-13-9-16-19-18-13)17-12-3-1-11(2-4-12)10-20-7-8-23-15(20)22/h1-4,9H,5-8,10H2,(H,17,21)(H,16,18,19). The number of aromatic nitrogens is 3. The average Bonchev–Trinajstić information content (AvgIpc) is 3.20. The van der Waals surface area contributed by atoms with Crippen molar-refractivity contribution in [3.8, 4) is 0 Å². The third-order valence-electron chi connectivity index (χ3n) is 3.53. The fraction of sp³-hybridized carbons (Fsp3) is 0.333. The lowest BCUT2D eigenvalue weighted by Crippen LogP contribution is -2.23. The quantitative estimate of drug-likeness (QED) is 0.837. The summed E-state index contributed by atoms with van der Waals surface area (Å²) < 4.78 is 4.89. The highest BCUT2D eigenvalue weighted by molar-refractivity contribution is 5.90. The number of rotatable bonds is 6. The maximum Gasteiger partial charge on any atom is 0.410 e. The maximum absolute atomic E-state index is 11.9. The van der Waals surface area contributed by atoms with E-state index in [0.717, 1.165) is 16.9 Å². The smallest absolute Gasteiger partial charge is 0.410 e. The molecular formula is C15H17N5O3. The van der Waals surface area contributed by atoms with Crippen LogP contribution >= 0.6 is 0 Å². The Labute approximate surface area is 132 Å². The van der Waals surface area contributed by atoms with Gasteiger partial charge < -0.3 is 15.0 Å². The Hall–Kier alpha value is -2.90. The molecule has 0 aliphatic carbocycles. The van der Waals surface area contributed by atoms with Gasteiger partial charge in [-0.05, 0) is 17.7 Å². The highest BCUT2D eigenvalue weighted by Crippen LogP contribution is 2.14. The zero-order chi connectivity index (χ0) is 16.1. The molecule has 3 rings (SSSR count). The van der Waals surface area contributed by atoms with Gasteiger partial charge in [-0.3, -0.25) is 4.79 Å². The number of ether oxygens (including phenoxy) is 1. The number of benzene rings is 1. The van der Waals surface area contributed by atoms with Crippen LogP contribution in [0.5, 0.6) is 0 Å². The van der Waals surface area contributed by atoms with E-state index in [-0.39, 0.29) is 12.0 Å². The molecule has 8 heteroatoms. The van der Waals surface area contributed by atoms with Crippen molar-refractivity contribution in [3.63, 3.8) is 0 Å². The number of hydrogen-bond acceptors (Lipinski definition) is 5. The number of H-pyrrole nitrogens is 1. The normalized spacial score (nSPS) is 13.9. The number of nitrogens with one attached hydrogen (secondary N) is 2. The Kier molecular flexibility index (Phi) is 4.51. The molecule has 1 aromatic heterocycles. The number of hydrogen-bond donors (Lipinski definition) is 2. The highest BCUT2D eigenvalue weighted by Gasteiger charge is 2.21. The number of amides is 2. The minimum Gasteiger partial charge on any atom is -0.448 e. The monoisotopic (exact) mass is 315 g/mol. The molecular weight excluding hydrogens is 298 g/mol. The van der Waals surface area contributed by atoms with Crippen molar-refractivity contribution in [1.82, 2.24) is 20.3 Å². The minimum absolute atomic E-state index is 0.0797. The molecule has 1 aliphatic rings. The van der Waals surface area contributed by atoms with E-state index < -0.39 is 0 Å². The lowest BCUT2D eigenvalue weighted by atomic mass is 10.2. The molecule has 120 valence electrons. The van der Waals surface area contributed by atoms with Gasteiger partial charge in [0.25, 0.3) is 0 Å². The van der Waals surface area contributed by atoms with Crippen LogP contribution in [-0.2, 0) is 22.5 Å². The van der Waals surface area contributed by atoms with Gasteiger partial charge in [-0.15, -0.1) is 0 Å². The van der Waals surface area contributed by atoms with Gasteiger partial charge in [0.15, 0.2) is 0 Å². The summed E-state index contributed by atoms with van der Waals surface area (Å²) in [7, 11) is 0. The zero-order valence-electron chi connectivity index (χ0n) is 12.5. The minimum atomic E-state index is -0.282. The second-order valence-corrected chi connectivity index (χ2v) is 5.24. The maximum atomic E-state index is 11.9. The summed E-state index contributed by atoms with van der Waals surface area (Å²) in [5.74, 6) is -0.0797. The van der Waals surface area contributed by atoms with Crippen LogP contribution in [-0.4, -0.2) is 45.5 Å². The number of carbonyl (C=O) groups is 2. The molecule has 0 radical (unpaired) electrons. The van der Waals surface area contributed by atoms with Crippen molar-refractivity contribution in [1.29, 1.82) is 0 Å². The van der Waals surface area contributed by atoms with Crippen LogP contribution < -0.4 is 5.32 Å². The first-order valence-electron chi connectivity index (χ1n) is 7.36. The van der Waals surface area contributed by atoms with Crippen molar-refractivity contribution >= 4 is 17.7 Å². The Morgan fingerprint density at radius 1 is 1.35 bits per heavy atom. The summed E-state index contributed by atoms with van der Waals surface area (Å²) in [4.78, 5) is 24.9.